The highest BCUT2D eigenvalue weighted by Crippen LogP contribution is 2.29. The van der Waals surface area contributed by atoms with Gasteiger partial charge in [0.2, 0.25) is 5.39 Å². The van der Waals surface area contributed by atoms with Gasteiger partial charge in [-0.05, 0) is 6.92 Å². The lowest BCUT2D eigenvalue weighted by molar-refractivity contribution is 0.0527. The summed E-state index contributed by atoms with van der Waals surface area (Å²) in [6, 6.07) is 0. The Labute approximate surface area is 73.8 Å². The summed E-state index contributed by atoms with van der Waals surface area (Å²) >= 11 is 0. The van der Waals surface area contributed by atoms with Crippen molar-refractivity contribution in [3.63, 3.8) is 0 Å². The van der Waals surface area contributed by atoms with Crippen molar-refractivity contribution in [2.24, 2.45) is 0 Å². The fourth-order valence-electron chi connectivity index (χ4n) is 0.870. The number of H-pyrrole nitrogens is 1. The average Bonchev–Trinajstić information content (AvgIpc) is 2.47. The van der Waals surface area contributed by atoms with E-state index in [1.54, 1.807) is 6.92 Å². The Kier molecular flexibility index (Phi) is 2.50. The molecule has 1 aromatic heterocycles. The van der Waals surface area contributed by atoms with Gasteiger partial charge in [-0.2, -0.15) is 0 Å². The van der Waals surface area contributed by atoms with Crippen molar-refractivity contribution in [1.82, 2.24) is 4.98 Å². The number of aromatic amines is 1. The number of carbonyl (C=O) groups excluding carboxylic acids is 1. The molecule has 2 N–H and O–H groups in total. The number of aromatic nitrogens is 1. The molecular formula is C7H8N3O3+. The van der Waals surface area contributed by atoms with Gasteiger partial charge in [-0.1, -0.05) is 0 Å². The lowest BCUT2D eigenvalue weighted by Gasteiger charge is -1.94. The molecule has 0 aliphatic heterocycles. The first kappa shape index (κ1) is 9.06. The van der Waals surface area contributed by atoms with Crippen molar-refractivity contribution < 1.29 is 14.6 Å². The number of esters is 1. The molecule has 0 saturated heterocycles. The Morgan fingerprint density at radius 3 is 3.08 bits per heavy atom. The first-order valence-corrected chi connectivity index (χ1v) is 3.63. The molecule has 1 rings (SSSR count). The number of nitrogens with zero attached hydrogens (tertiary/aromatic N) is 2. The number of hydrogen-bond acceptors (Lipinski definition) is 4. The van der Waals surface area contributed by atoms with Crippen LogP contribution >= 0.6 is 0 Å². The van der Waals surface area contributed by atoms with Crippen LogP contribution in [0, 0.1) is 5.39 Å². The van der Waals surface area contributed by atoms with E-state index in [2.05, 4.69) is 14.7 Å². The van der Waals surface area contributed by atoms with E-state index in [4.69, 9.17) is 10.5 Å². The minimum atomic E-state index is -0.646. The highest BCUT2D eigenvalue weighted by molar-refractivity contribution is 5.97. The lowest BCUT2D eigenvalue weighted by Crippen LogP contribution is -2.02. The normalized spacial score (nSPS) is 9.23. The van der Waals surface area contributed by atoms with Gasteiger partial charge in [0.05, 0.1) is 6.61 Å². The molecule has 1 heterocycles. The summed E-state index contributed by atoms with van der Waals surface area (Å²) in [4.78, 5) is 16.2. The quantitative estimate of drug-likeness (QED) is 0.534. The van der Waals surface area contributed by atoms with E-state index in [0.717, 1.165) is 0 Å². The first-order valence-electron chi connectivity index (χ1n) is 3.63. The third-order valence-corrected chi connectivity index (χ3v) is 1.43. The fraction of sp³-hybridized carbons (Fsp3) is 0.286. The molecular weight excluding hydrogens is 174 g/mol. The summed E-state index contributed by atoms with van der Waals surface area (Å²) in [5.41, 5.74) is -0.208. The minimum absolute atomic E-state index is 0.00171. The third-order valence-electron chi connectivity index (χ3n) is 1.43. The lowest BCUT2D eigenvalue weighted by atomic mass is 10.3. The summed E-state index contributed by atoms with van der Waals surface area (Å²) in [5.74, 6) is -1.02. The average molecular weight is 182 g/mol. The molecule has 0 bridgehead atoms. The second kappa shape index (κ2) is 3.58. The SMILES string of the molecule is CCOC(=O)c1c[nH]c(O)c1[N+]#N. The molecule has 0 saturated carbocycles. The van der Waals surface area contributed by atoms with E-state index in [1.807, 2.05) is 0 Å². The van der Waals surface area contributed by atoms with Crippen LogP contribution in [0.5, 0.6) is 5.88 Å². The molecule has 6 nitrogen and oxygen atoms in total. The smallest absolute Gasteiger partial charge is 0.459 e. The second-order valence-electron chi connectivity index (χ2n) is 2.22. The summed E-state index contributed by atoms with van der Waals surface area (Å²) in [5, 5.41) is 17.5. The molecule has 6 heteroatoms. The topological polar surface area (TPSA) is 90.5 Å². The van der Waals surface area contributed by atoms with Crippen molar-refractivity contribution in [2.45, 2.75) is 6.92 Å². The van der Waals surface area contributed by atoms with Gasteiger partial charge >= 0.3 is 11.7 Å². The molecule has 0 amide bonds. The van der Waals surface area contributed by atoms with Crippen LogP contribution < -0.4 is 0 Å². The minimum Gasteiger partial charge on any atom is -0.489 e. The fourth-order valence-corrected chi connectivity index (χ4v) is 0.870. The van der Waals surface area contributed by atoms with Gasteiger partial charge in [-0.3, -0.25) is 0 Å². The van der Waals surface area contributed by atoms with Crippen molar-refractivity contribution in [3.05, 3.63) is 16.7 Å². The largest absolute Gasteiger partial charge is 0.489 e. The number of hydrogen-bond donors (Lipinski definition) is 2. The molecule has 0 unspecified atom stereocenters. The van der Waals surface area contributed by atoms with E-state index in [-0.39, 0.29) is 23.7 Å². The number of carbonyl (C=O) groups is 1. The summed E-state index contributed by atoms with van der Waals surface area (Å²) in [7, 11) is 0. The van der Waals surface area contributed by atoms with Gasteiger partial charge in [0, 0.05) is 6.20 Å². The maximum Gasteiger partial charge on any atom is 0.459 e. The molecule has 0 fully saturated rings. The number of diazo groups is 1. The molecule has 0 aromatic carbocycles. The van der Waals surface area contributed by atoms with Crippen LogP contribution in [0.1, 0.15) is 17.3 Å². The molecule has 13 heavy (non-hydrogen) atoms. The van der Waals surface area contributed by atoms with Gasteiger partial charge in [0.15, 0.2) is 10.5 Å². The van der Waals surface area contributed by atoms with E-state index in [1.165, 1.54) is 6.20 Å². The second-order valence-corrected chi connectivity index (χ2v) is 2.22. The van der Waals surface area contributed by atoms with Crippen LogP contribution in [0.2, 0.25) is 0 Å². The van der Waals surface area contributed by atoms with Crippen molar-refractivity contribution in [2.75, 3.05) is 6.61 Å². The molecule has 0 radical (unpaired) electrons. The third kappa shape index (κ3) is 1.59. The summed E-state index contributed by atoms with van der Waals surface area (Å²) in [6.45, 7) is 1.87. The predicted octanol–water partition coefficient (Wildman–Crippen LogP) is 1.38. The molecule has 0 spiro atoms. The van der Waals surface area contributed by atoms with Crippen molar-refractivity contribution in [1.29, 1.82) is 5.39 Å². The van der Waals surface area contributed by atoms with Gasteiger partial charge in [0.25, 0.3) is 5.88 Å². The van der Waals surface area contributed by atoms with Crippen molar-refractivity contribution >= 4 is 11.7 Å². The molecule has 0 atom stereocenters. The maximum absolute atomic E-state index is 11.1. The molecule has 68 valence electrons. The van der Waals surface area contributed by atoms with Crippen LogP contribution in [-0.4, -0.2) is 22.7 Å². The number of rotatable bonds is 2. The molecule has 1 aromatic rings. The Morgan fingerprint density at radius 2 is 2.54 bits per heavy atom. The maximum atomic E-state index is 11.1. The van der Waals surface area contributed by atoms with E-state index < -0.39 is 5.97 Å². The highest BCUT2D eigenvalue weighted by Gasteiger charge is 2.28. The zero-order valence-corrected chi connectivity index (χ0v) is 6.94. The first-order chi connectivity index (χ1) is 6.20. The summed E-state index contributed by atoms with van der Waals surface area (Å²) in [6.07, 6.45) is 1.21. The Bertz CT molecular complexity index is 364. The zero-order chi connectivity index (χ0) is 9.84. The summed E-state index contributed by atoms with van der Waals surface area (Å²) < 4.78 is 4.64. The van der Waals surface area contributed by atoms with Crippen LogP contribution in [-0.2, 0) is 4.74 Å². The van der Waals surface area contributed by atoms with Gasteiger partial charge in [-0.15, -0.1) is 0 Å². The molecule has 0 aliphatic carbocycles. The number of ether oxygens (including phenoxy) is 1. The Morgan fingerprint density at radius 1 is 1.85 bits per heavy atom. The van der Waals surface area contributed by atoms with Crippen LogP contribution in [0.3, 0.4) is 0 Å². The Balaban J connectivity index is 3.02. The van der Waals surface area contributed by atoms with Gasteiger partial charge in [0.1, 0.15) is 0 Å². The van der Waals surface area contributed by atoms with Crippen LogP contribution in [0.15, 0.2) is 6.20 Å². The molecule has 0 aliphatic rings. The van der Waals surface area contributed by atoms with Crippen LogP contribution in [0.4, 0.5) is 5.69 Å². The van der Waals surface area contributed by atoms with Crippen molar-refractivity contribution in [3.8, 4) is 5.88 Å². The van der Waals surface area contributed by atoms with E-state index in [0.29, 0.717) is 0 Å². The number of aromatic hydroxyl groups is 1. The standard InChI is InChI=1S/C7H7N3O3/c1-2-13-7(12)4-3-9-6(11)5(4)10-8/h3,8H,2H2,1H3/p+1. The monoisotopic (exact) mass is 182 g/mol. The zero-order valence-electron chi connectivity index (χ0n) is 6.94. The number of nitrogens with one attached hydrogen (secondary N) is 1. The van der Waals surface area contributed by atoms with E-state index in [9.17, 15) is 4.79 Å². The Hall–Kier alpha value is -2.03. The van der Waals surface area contributed by atoms with E-state index >= 15 is 0 Å². The van der Waals surface area contributed by atoms with Crippen LogP contribution in [0.25, 0.3) is 4.98 Å². The highest BCUT2D eigenvalue weighted by atomic mass is 16.5. The predicted molar refractivity (Wildman–Crippen MR) is 43.2 cm³/mol. The van der Waals surface area contributed by atoms with Gasteiger partial charge < -0.3 is 14.8 Å². The van der Waals surface area contributed by atoms with Gasteiger partial charge in [-0.25, -0.2) is 4.79 Å².